The molecule has 4 nitrogen and oxygen atoms in total. The first-order chi connectivity index (χ1) is 9.81. The molecule has 0 radical (unpaired) electrons. The lowest BCUT2D eigenvalue weighted by Crippen LogP contribution is -2.63. The van der Waals surface area contributed by atoms with Crippen LogP contribution in [0.1, 0.15) is 26.3 Å². The number of halogens is 2. The van der Waals surface area contributed by atoms with E-state index in [1.807, 2.05) is 13.8 Å². The van der Waals surface area contributed by atoms with Crippen LogP contribution >= 0.6 is 15.9 Å². The van der Waals surface area contributed by atoms with Gasteiger partial charge in [0.1, 0.15) is 17.9 Å². The first kappa shape index (κ1) is 15.9. The molecule has 0 spiro atoms. The van der Waals surface area contributed by atoms with Crippen molar-refractivity contribution in [2.24, 2.45) is 5.92 Å². The highest BCUT2D eigenvalue weighted by Crippen LogP contribution is 2.23. The van der Waals surface area contributed by atoms with Crippen LogP contribution in [-0.2, 0) is 16.1 Å². The third-order valence-corrected chi connectivity index (χ3v) is 4.09. The Morgan fingerprint density at radius 3 is 2.67 bits per heavy atom. The molecule has 21 heavy (non-hydrogen) atoms. The fourth-order valence-corrected chi connectivity index (χ4v) is 2.98. The number of hydrogen-bond donors (Lipinski definition) is 1. The smallest absolute Gasteiger partial charge is 0.245 e. The van der Waals surface area contributed by atoms with Gasteiger partial charge in [-0.15, -0.1) is 0 Å². The van der Waals surface area contributed by atoms with Gasteiger partial charge in [0.05, 0.1) is 0 Å². The first-order valence-corrected chi connectivity index (χ1v) is 7.65. The number of nitrogens with zero attached hydrogens (tertiary/aromatic N) is 1. The van der Waals surface area contributed by atoms with E-state index >= 15 is 0 Å². The van der Waals surface area contributed by atoms with E-state index in [1.165, 1.54) is 11.0 Å². The summed E-state index contributed by atoms with van der Waals surface area (Å²) < 4.78 is 14.7. The van der Waals surface area contributed by atoms with Crippen molar-refractivity contribution in [3.63, 3.8) is 0 Å². The summed E-state index contributed by atoms with van der Waals surface area (Å²) in [6, 6.07) is 3.43. The molecule has 2 amide bonds. The van der Waals surface area contributed by atoms with Gasteiger partial charge in [-0.05, 0) is 31.0 Å². The van der Waals surface area contributed by atoms with Crippen LogP contribution in [0.2, 0.25) is 0 Å². The predicted molar refractivity (Wildman–Crippen MR) is 80.9 cm³/mol. The fraction of sp³-hybridized carbons (Fsp3) is 0.467. The zero-order valence-electron chi connectivity index (χ0n) is 12.2. The van der Waals surface area contributed by atoms with Crippen LogP contribution in [0.15, 0.2) is 22.7 Å². The van der Waals surface area contributed by atoms with Gasteiger partial charge in [-0.3, -0.25) is 9.59 Å². The summed E-state index contributed by atoms with van der Waals surface area (Å²) in [7, 11) is 0. The lowest BCUT2D eigenvalue weighted by molar-refractivity contribution is -0.151. The van der Waals surface area contributed by atoms with Crippen LogP contribution in [0.25, 0.3) is 0 Å². The zero-order chi connectivity index (χ0) is 15.7. The summed E-state index contributed by atoms with van der Waals surface area (Å²) in [4.78, 5) is 26.0. The predicted octanol–water partition coefficient (Wildman–Crippen LogP) is 2.46. The Hall–Kier alpha value is -1.43. The Kier molecular flexibility index (Phi) is 4.66. The molecular formula is C15H18BrFN2O2. The maximum absolute atomic E-state index is 13.9. The second-order valence-electron chi connectivity index (χ2n) is 5.62. The SMILES string of the molecule is CC1NC(=O)C(C(C)C)N(Cc2cc(Br)ccc2F)C1=O. The van der Waals surface area contributed by atoms with E-state index in [0.29, 0.717) is 5.56 Å². The maximum atomic E-state index is 13.9. The molecule has 0 aliphatic carbocycles. The highest BCUT2D eigenvalue weighted by atomic mass is 79.9. The summed E-state index contributed by atoms with van der Waals surface area (Å²) in [5.74, 6) is -0.802. The van der Waals surface area contributed by atoms with Gasteiger partial charge in [0.15, 0.2) is 0 Å². The van der Waals surface area contributed by atoms with Crippen LogP contribution in [0, 0.1) is 11.7 Å². The molecule has 1 aromatic rings. The Balaban J connectivity index is 2.35. The highest BCUT2D eigenvalue weighted by molar-refractivity contribution is 9.10. The van der Waals surface area contributed by atoms with Crippen molar-refractivity contribution in [2.45, 2.75) is 39.4 Å². The number of amides is 2. The molecule has 2 unspecified atom stereocenters. The molecule has 1 aliphatic heterocycles. The number of rotatable bonds is 3. The van der Waals surface area contributed by atoms with Gasteiger partial charge in [-0.25, -0.2) is 4.39 Å². The van der Waals surface area contributed by atoms with Gasteiger partial charge in [-0.1, -0.05) is 29.8 Å². The van der Waals surface area contributed by atoms with Crippen molar-refractivity contribution in [3.05, 3.63) is 34.1 Å². The molecule has 2 atom stereocenters. The van der Waals surface area contributed by atoms with E-state index in [-0.39, 0.29) is 30.1 Å². The molecule has 1 aromatic carbocycles. The Morgan fingerprint density at radius 2 is 2.05 bits per heavy atom. The van der Waals surface area contributed by atoms with Gasteiger partial charge >= 0.3 is 0 Å². The number of nitrogens with one attached hydrogen (secondary N) is 1. The van der Waals surface area contributed by atoms with Crippen molar-refractivity contribution in [1.82, 2.24) is 10.2 Å². The molecule has 1 aliphatic rings. The average molecular weight is 357 g/mol. The van der Waals surface area contributed by atoms with Crippen LogP contribution in [0.5, 0.6) is 0 Å². The van der Waals surface area contributed by atoms with Crippen LogP contribution in [-0.4, -0.2) is 28.8 Å². The molecule has 2 rings (SSSR count). The van der Waals surface area contributed by atoms with Crippen LogP contribution in [0.4, 0.5) is 4.39 Å². The topological polar surface area (TPSA) is 49.4 Å². The number of piperazine rings is 1. The van der Waals surface area contributed by atoms with Crippen molar-refractivity contribution < 1.29 is 14.0 Å². The highest BCUT2D eigenvalue weighted by Gasteiger charge is 2.40. The van der Waals surface area contributed by atoms with E-state index in [1.54, 1.807) is 19.1 Å². The normalized spacial score (nSPS) is 22.7. The van der Waals surface area contributed by atoms with Crippen molar-refractivity contribution in [3.8, 4) is 0 Å². The molecular weight excluding hydrogens is 339 g/mol. The number of hydrogen-bond acceptors (Lipinski definition) is 2. The summed E-state index contributed by atoms with van der Waals surface area (Å²) >= 11 is 3.29. The molecule has 1 saturated heterocycles. The second-order valence-corrected chi connectivity index (χ2v) is 6.54. The first-order valence-electron chi connectivity index (χ1n) is 6.86. The van der Waals surface area contributed by atoms with Crippen molar-refractivity contribution in [2.75, 3.05) is 0 Å². The van der Waals surface area contributed by atoms with Crippen molar-refractivity contribution in [1.29, 1.82) is 0 Å². The van der Waals surface area contributed by atoms with Gasteiger partial charge in [0.25, 0.3) is 0 Å². The monoisotopic (exact) mass is 356 g/mol. The molecule has 0 saturated carbocycles. The summed E-state index contributed by atoms with van der Waals surface area (Å²) in [6.07, 6.45) is 0. The number of benzene rings is 1. The van der Waals surface area contributed by atoms with E-state index in [9.17, 15) is 14.0 Å². The summed E-state index contributed by atoms with van der Waals surface area (Å²) in [5.41, 5.74) is 0.394. The lowest BCUT2D eigenvalue weighted by atomic mass is 9.96. The fourth-order valence-electron chi connectivity index (χ4n) is 2.57. The second kappa shape index (κ2) is 6.13. The van der Waals surface area contributed by atoms with Gasteiger partial charge in [-0.2, -0.15) is 0 Å². The Morgan fingerprint density at radius 1 is 1.38 bits per heavy atom. The molecule has 0 bridgehead atoms. The quantitative estimate of drug-likeness (QED) is 0.904. The van der Waals surface area contributed by atoms with Gasteiger partial charge in [0.2, 0.25) is 11.8 Å². The summed E-state index contributed by atoms with van der Waals surface area (Å²) in [6.45, 7) is 5.47. The third kappa shape index (κ3) is 3.26. The third-order valence-electron chi connectivity index (χ3n) is 3.60. The van der Waals surface area contributed by atoms with E-state index in [0.717, 1.165) is 4.47 Å². The molecule has 1 heterocycles. The lowest BCUT2D eigenvalue weighted by Gasteiger charge is -2.40. The Labute approximate surface area is 131 Å². The molecule has 6 heteroatoms. The van der Waals surface area contributed by atoms with Gasteiger partial charge < -0.3 is 10.2 Å². The minimum Gasteiger partial charge on any atom is -0.343 e. The standard InChI is InChI=1S/C15H18BrFN2O2/c1-8(2)13-14(20)18-9(3)15(21)19(13)7-10-6-11(16)4-5-12(10)17/h4-6,8-9,13H,7H2,1-3H3,(H,18,20). The molecule has 0 aromatic heterocycles. The largest absolute Gasteiger partial charge is 0.343 e. The van der Waals surface area contributed by atoms with E-state index in [4.69, 9.17) is 0 Å². The van der Waals surface area contributed by atoms with Crippen LogP contribution in [0.3, 0.4) is 0 Å². The summed E-state index contributed by atoms with van der Waals surface area (Å²) in [5, 5.41) is 2.67. The molecule has 114 valence electrons. The van der Waals surface area contributed by atoms with Crippen LogP contribution < -0.4 is 5.32 Å². The Bertz CT molecular complexity index is 577. The van der Waals surface area contributed by atoms with Gasteiger partial charge in [0, 0.05) is 16.6 Å². The molecule has 1 N–H and O–H groups in total. The minimum atomic E-state index is -0.581. The number of carbonyl (C=O) groups excluding carboxylic acids is 2. The zero-order valence-corrected chi connectivity index (χ0v) is 13.8. The maximum Gasteiger partial charge on any atom is 0.245 e. The van der Waals surface area contributed by atoms with E-state index in [2.05, 4.69) is 21.2 Å². The number of carbonyl (C=O) groups is 2. The van der Waals surface area contributed by atoms with Crippen molar-refractivity contribution >= 4 is 27.7 Å². The minimum absolute atomic E-state index is 0.0448. The molecule has 1 fully saturated rings. The average Bonchev–Trinajstić information content (AvgIpc) is 2.39. The van der Waals surface area contributed by atoms with E-state index < -0.39 is 12.1 Å².